The maximum atomic E-state index is 12.5. The summed E-state index contributed by atoms with van der Waals surface area (Å²) in [7, 11) is 0. The molecule has 0 heterocycles. The van der Waals surface area contributed by atoms with Crippen molar-refractivity contribution in [3.8, 4) is 0 Å². The van der Waals surface area contributed by atoms with Gasteiger partial charge in [-0.05, 0) is 42.6 Å². The average molecular weight is 302 g/mol. The van der Waals surface area contributed by atoms with Gasteiger partial charge >= 0.3 is 5.97 Å². The van der Waals surface area contributed by atoms with E-state index in [-0.39, 0.29) is 18.0 Å². The fraction of sp³-hybridized carbons (Fsp3) is 0.650. The van der Waals surface area contributed by atoms with Gasteiger partial charge in [-0.1, -0.05) is 64.4 Å². The zero-order chi connectivity index (χ0) is 16.1. The summed E-state index contributed by atoms with van der Waals surface area (Å²) in [5.74, 6) is 1.65. The van der Waals surface area contributed by atoms with Gasteiger partial charge in [0.2, 0.25) is 0 Å². The van der Waals surface area contributed by atoms with E-state index >= 15 is 0 Å². The van der Waals surface area contributed by atoms with Crippen molar-refractivity contribution in [1.82, 2.24) is 0 Å². The summed E-state index contributed by atoms with van der Waals surface area (Å²) < 4.78 is 5.93. The van der Waals surface area contributed by atoms with E-state index in [9.17, 15) is 4.79 Å². The van der Waals surface area contributed by atoms with Gasteiger partial charge in [-0.25, -0.2) is 0 Å². The Hall–Kier alpha value is -1.31. The molecule has 0 radical (unpaired) electrons. The van der Waals surface area contributed by atoms with E-state index in [1.165, 1.54) is 18.4 Å². The van der Waals surface area contributed by atoms with Gasteiger partial charge in [0.25, 0.3) is 0 Å². The Kier molecular flexibility index (Phi) is 6.05. The first-order valence-corrected chi connectivity index (χ1v) is 8.71. The summed E-state index contributed by atoms with van der Waals surface area (Å²) in [6.07, 6.45) is 4.33. The molecule has 0 aliphatic heterocycles. The Balaban J connectivity index is 1.94. The van der Waals surface area contributed by atoms with E-state index in [0.29, 0.717) is 17.8 Å². The third-order valence-corrected chi connectivity index (χ3v) is 5.02. The molecule has 1 fully saturated rings. The van der Waals surface area contributed by atoms with Crippen molar-refractivity contribution in [2.75, 3.05) is 0 Å². The number of rotatable bonds is 5. The van der Waals surface area contributed by atoms with E-state index in [1.54, 1.807) is 0 Å². The standard InChI is InChI=1S/C20H30O2/c1-14(2)18-11-10-15(3)12-19(18)22-20(21)16(4)13-17-8-6-5-7-9-17/h5-9,14-16,18-19H,10-13H2,1-4H3/t15-,16+,18+,19-/m1/s1. The molecule has 0 spiro atoms. The SMILES string of the molecule is CC(C)[C@@H]1CC[C@@H](C)C[C@H]1OC(=O)[C@@H](C)Cc1ccccc1. The molecule has 1 aromatic carbocycles. The van der Waals surface area contributed by atoms with Crippen molar-refractivity contribution in [3.05, 3.63) is 35.9 Å². The number of carbonyl (C=O) groups is 1. The first-order valence-electron chi connectivity index (χ1n) is 8.71. The Morgan fingerprint density at radius 3 is 2.50 bits per heavy atom. The van der Waals surface area contributed by atoms with Gasteiger partial charge in [-0.3, -0.25) is 4.79 Å². The minimum absolute atomic E-state index is 0.0337. The molecule has 22 heavy (non-hydrogen) atoms. The van der Waals surface area contributed by atoms with Crippen LogP contribution in [0.4, 0.5) is 0 Å². The molecule has 4 atom stereocenters. The van der Waals surface area contributed by atoms with Crippen LogP contribution < -0.4 is 0 Å². The molecule has 0 aromatic heterocycles. The number of hydrogen-bond acceptors (Lipinski definition) is 2. The Morgan fingerprint density at radius 2 is 1.86 bits per heavy atom. The summed E-state index contributed by atoms with van der Waals surface area (Å²) in [6, 6.07) is 10.2. The van der Waals surface area contributed by atoms with Gasteiger partial charge in [-0.15, -0.1) is 0 Å². The molecule has 0 unspecified atom stereocenters. The highest BCUT2D eigenvalue weighted by Gasteiger charge is 2.34. The third kappa shape index (κ3) is 4.59. The van der Waals surface area contributed by atoms with Crippen molar-refractivity contribution in [2.45, 2.75) is 59.5 Å². The zero-order valence-corrected chi connectivity index (χ0v) is 14.4. The highest BCUT2D eigenvalue weighted by Crippen LogP contribution is 2.35. The number of hydrogen-bond donors (Lipinski definition) is 0. The van der Waals surface area contributed by atoms with Crippen LogP contribution in [0.15, 0.2) is 30.3 Å². The molecule has 122 valence electrons. The monoisotopic (exact) mass is 302 g/mol. The van der Waals surface area contributed by atoms with Gasteiger partial charge in [0.15, 0.2) is 0 Å². The van der Waals surface area contributed by atoms with Crippen LogP contribution in [0, 0.1) is 23.7 Å². The normalized spacial score (nSPS) is 26.7. The molecule has 1 saturated carbocycles. The predicted octanol–water partition coefficient (Wildman–Crippen LogP) is 4.87. The second-order valence-electron chi connectivity index (χ2n) is 7.39. The minimum atomic E-state index is -0.0764. The lowest BCUT2D eigenvalue weighted by Crippen LogP contribution is -2.37. The molecule has 1 aromatic rings. The smallest absolute Gasteiger partial charge is 0.309 e. The van der Waals surface area contributed by atoms with Crippen LogP contribution in [0.1, 0.15) is 52.5 Å². The van der Waals surface area contributed by atoms with E-state index in [0.717, 1.165) is 12.8 Å². The molecule has 0 N–H and O–H groups in total. The van der Waals surface area contributed by atoms with Crippen molar-refractivity contribution in [1.29, 1.82) is 0 Å². The van der Waals surface area contributed by atoms with Crippen LogP contribution >= 0.6 is 0 Å². The second kappa shape index (κ2) is 7.80. The van der Waals surface area contributed by atoms with Gasteiger partial charge in [0.1, 0.15) is 6.10 Å². The number of ether oxygens (including phenoxy) is 1. The van der Waals surface area contributed by atoms with Crippen LogP contribution in [0.2, 0.25) is 0 Å². The van der Waals surface area contributed by atoms with Crippen LogP contribution in [-0.2, 0) is 16.0 Å². The molecule has 2 heteroatoms. The van der Waals surface area contributed by atoms with Gasteiger partial charge in [-0.2, -0.15) is 0 Å². The number of esters is 1. The average Bonchev–Trinajstić information content (AvgIpc) is 2.48. The maximum absolute atomic E-state index is 12.5. The highest BCUT2D eigenvalue weighted by molar-refractivity contribution is 5.72. The lowest BCUT2D eigenvalue weighted by molar-refractivity contribution is -0.160. The van der Waals surface area contributed by atoms with E-state index < -0.39 is 0 Å². The van der Waals surface area contributed by atoms with Crippen LogP contribution in [-0.4, -0.2) is 12.1 Å². The molecule has 1 aliphatic carbocycles. The van der Waals surface area contributed by atoms with Crippen LogP contribution in [0.5, 0.6) is 0 Å². The number of benzene rings is 1. The van der Waals surface area contributed by atoms with Gasteiger partial charge in [0.05, 0.1) is 5.92 Å². The zero-order valence-electron chi connectivity index (χ0n) is 14.4. The quantitative estimate of drug-likeness (QED) is 0.725. The molecule has 0 bridgehead atoms. The summed E-state index contributed by atoms with van der Waals surface area (Å²) in [6.45, 7) is 8.74. The molecule has 0 amide bonds. The summed E-state index contributed by atoms with van der Waals surface area (Å²) in [5, 5.41) is 0. The summed E-state index contributed by atoms with van der Waals surface area (Å²) in [5.41, 5.74) is 1.20. The predicted molar refractivity (Wildman–Crippen MR) is 90.5 cm³/mol. The summed E-state index contributed by atoms with van der Waals surface area (Å²) in [4.78, 5) is 12.5. The lowest BCUT2D eigenvalue weighted by atomic mass is 9.75. The molecule has 2 rings (SSSR count). The first kappa shape index (κ1) is 17.1. The largest absolute Gasteiger partial charge is 0.462 e. The maximum Gasteiger partial charge on any atom is 0.309 e. The molecule has 2 nitrogen and oxygen atoms in total. The van der Waals surface area contributed by atoms with E-state index in [4.69, 9.17) is 4.74 Å². The van der Waals surface area contributed by atoms with Gasteiger partial charge in [0, 0.05) is 0 Å². The van der Waals surface area contributed by atoms with Gasteiger partial charge < -0.3 is 4.74 Å². The molecule has 0 saturated heterocycles. The minimum Gasteiger partial charge on any atom is -0.462 e. The van der Waals surface area contributed by atoms with Crippen LogP contribution in [0.25, 0.3) is 0 Å². The van der Waals surface area contributed by atoms with Crippen LogP contribution in [0.3, 0.4) is 0 Å². The Morgan fingerprint density at radius 1 is 1.18 bits per heavy atom. The topological polar surface area (TPSA) is 26.3 Å². The second-order valence-corrected chi connectivity index (χ2v) is 7.39. The van der Waals surface area contributed by atoms with Crippen molar-refractivity contribution in [2.24, 2.45) is 23.7 Å². The van der Waals surface area contributed by atoms with E-state index in [2.05, 4.69) is 32.9 Å². The van der Waals surface area contributed by atoms with E-state index in [1.807, 2.05) is 25.1 Å². The highest BCUT2D eigenvalue weighted by atomic mass is 16.5. The molecular formula is C20H30O2. The fourth-order valence-electron chi connectivity index (χ4n) is 3.57. The first-order chi connectivity index (χ1) is 10.5. The number of carbonyl (C=O) groups excluding carboxylic acids is 1. The Bertz CT molecular complexity index is 466. The lowest BCUT2D eigenvalue weighted by Gasteiger charge is -2.37. The molecule has 1 aliphatic rings. The van der Waals surface area contributed by atoms with Crippen molar-refractivity contribution < 1.29 is 9.53 Å². The summed E-state index contributed by atoms with van der Waals surface area (Å²) >= 11 is 0. The third-order valence-electron chi connectivity index (χ3n) is 5.02. The molecular weight excluding hydrogens is 272 g/mol. The van der Waals surface area contributed by atoms with Crippen molar-refractivity contribution >= 4 is 5.97 Å². The fourth-order valence-corrected chi connectivity index (χ4v) is 3.57. The Labute approximate surface area is 135 Å². The van der Waals surface area contributed by atoms with Crippen molar-refractivity contribution in [3.63, 3.8) is 0 Å².